The van der Waals surface area contributed by atoms with E-state index < -0.39 is 5.60 Å². The number of anilines is 2. The minimum Gasteiger partial charge on any atom is -0.444 e. The Hall–Kier alpha value is -4.47. The van der Waals surface area contributed by atoms with Crippen LogP contribution in [0.4, 0.5) is 16.4 Å². The monoisotopic (exact) mass is 499 g/mol. The Kier molecular flexibility index (Phi) is 6.24. The molecule has 3 aromatic heterocycles. The molecular weight excluding hydrogens is 470 g/mol. The zero-order valence-electron chi connectivity index (χ0n) is 21.0. The Labute approximate surface area is 214 Å². The minimum atomic E-state index is -0.554. The topological polar surface area (TPSA) is 128 Å². The Bertz CT molecular complexity index is 1440. The molecule has 190 valence electrons. The maximum Gasteiger partial charge on any atom is 0.410 e. The Morgan fingerprint density at radius 3 is 2.54 bits per heavy atom. The van der Waals surface area contributed by atoms with Crippen molar-refractivity contribution in [1.29, 1.82) is 0 Å². The average Bonchev–Trinajstić information content (AvgIpc) is 3.50. The fourth-order valence-electron chi connectivity index (χ4n) is 4.43. The van der Waals surface area contributed by atoms with Gasteiger partial charge in [-0.1, -0.05) is 18.2 Å². The minimum absolute atomic E-state index is 0.0333. The largest absolute Gasteiger partial charge is 0.444 e. The number of pyridine rings is 2. The van der Waals surface area contributed by atoms with Gasteiger partial charge in [0.05, 0.1) is 16.9 Å². The molecular formula is C27H29N7O3. The molecule has 0 bridgehead atoms. The van der Waals surface area contributed by atoms with E-state index in [2.05, 4.69) is 15.3 Å². The van der Waals surface area contributed by atoms with Crippen LogP contribution in [0.15, 0.2) is 60.9 Å². The summed E-state index contributed by atoms with van der Waals surface area (Å²) in [6.45, 7) is 6.63. The van der Waals surface area contributed by atoms with Gasteiger partial charge in [-0.25, -0.2) is 14.8 Å². The summed E-state index contributed by atoms with van der Waals surface area (Å²) in [6, 6.07) is 14.3. The van der Waals surface area contributed by atoms with Gasteiger partial charge in [-0.15, -0.1) is 0 Å². The fourth-order valence-corrected chi connectivity index (χ4v) is 4.43. The number of nitrogens with zero attached hydrogens (tertiary/aromatic N) is 5. The first kappa shape index (κ1) is 24.2. The van der Waals surface area contributed by atoms with Crippen LogP contribution < -0.4 is 11.1 Å². The number of nitrogens with two attached hydrogens (primary N) is 1. The van der Waals surface area contributed by atoms with E-state index in [1.54, 1.807) is 41.6 Å². The molecule has 2 amide bonds. The Balaban J connectivity index is 1.42. The predicted octanol–water partition coefficient (Wildman–Crippen LogP) is 4.51. The molecule has 3 N–H and O–H groups in total. The number of nitrogens with one attached hydrogen (secondary N) is 1. The highest BCUT2D eigenvalue weighted by molar-refractivity contribution is 6.05. The number of aromatic nitrogens is 4. The van der Waals surface area contributed by atoms with E-state index in [4.69, 9.17) is 15.6 Å². The van der Waals surface area contributed by atoms with Crippen molar-refractivity contribution in [2.24, 2.45) is 0 Å². The number of rotatable bonds is 4. The number of hydrogen-bond acceptors (Lipinski definition) is 7. The zero-order chi connectivity index (χ0) is 26.2. The number of ether oxygens (including phenoxy) is 1. The molecule has 0 saturated carbocycles. The van der Waals surface area contributed by atoms with E-state index in [0.29, 0.717) is 36.0 Å². The third-order valence-corrected chi connectivity index (χ3v) is 6.14. The number of hydrogen-bond donors (Lipinski definition) is 2. The normalized spacial score (nSPS) is 15.6. The van der Waals surface area contributed by atoms with Crippen molar-refractivity contribution in [3.8, 4) is 11.3 Å². The van der Waals surface area contributed by atoms with E-state index >= 15 is 0 Å². The molecule has 1 saturated heterocycles. The average molecular weight is 500 g/mol. The lowest BCUT2D eigenvalue weighted by molar-refractivity contribution is 0.0288. The van der Waals surface area contributed by atoms with Gasteiger partial charge in [0.25, 0.3) is 5.91 Å². The van der Waals surface area contributed by atoms with Crippen LogP contribution in [0.2, 0.25) is 0 Å². The molecule has 0 unspecified atom stereocenters. The number of carbonyl (C=O) groups excluding carboxylic acids is 2. The molecule has 1 aliphatic rings. The number of carbonyl (C=O) groups is 2. The molecule has 0 aliphatic carbocycles. The van der Waals surface area contributed by atoms with E-state index in [-0.39, 0.29) is 18.0 Å². The number of likely N-dealkylation sites (tertiary alicyclic amines) is 1. The molecule has 10 nitrogen and oxygen atoms in total. The quantitative estimate of drug-likeness (QED) is 0.423. The molecule has 5 rings (SSSR count). The maximum absolute atomic E-state index is 12.6. The molecule has 1 aliphatic heterocycles. The number of amides is 2. The third kappa shape index (κ3) is 5.09. The van der Waals surface area contributed by atoms with Gasteiger partial charge < -0.3 is 20.7 Å². The third-order valence-electron chi connectivity index (χ3n) is 6.14. The highest BCUT2D eigenvalue weighted by Crippen LogP contribution is 2.35. The Morgan fingerprint density at radius 2 is 1.84 bits per heavy atom. The first-order valence-corrected chi connectivity index (χ1v) is 12.1. The van der Waals surface area contributed by atoms with E-state index in [9.17, 15) is 9.59 Å². The van der Waals surface area contributed by atoms with Gasteiger partial charge in [0.1, 0.15) is 22.9 Å². The summed E-state index contributed by atoms with van der Waals surface area (Å²) in [5.74, 6) is 0.602. The van der Waals surface area contributed by atoms with Gasteiger partial charge in [-0.05, 0) is 57.5 Å². The van der Waals surface area contributed by atoms with Crippen LogP contribution in [0.5, 0.6) is 0 Å². The summed E-state index contributed by atoms with van der Waals surface area (Å²) in [6.07, 6.45) is 3.69. The van der Waals surface area contributed by atoms with Crippen molar-refractivity contribution in [3.05, 3.63) is 66.5 Å². The molecule has 1 fully saturated rings. The second-order valence-corrected chi connectivity index (χ2v) is 10.00. The fraction of sp³-hybridized carbons (Fsp3) is 0.296. The molecule has 10 heteroatoms. The van der Waals surface area contributed by atoms with Crippen molar-refractivity contribution in [3.63, 3.8) is 0 Å². The Morgan fingerprint density at radius 1 is 1.05 bits per heavy atom. The van der Waals surface area contributed by atoms with Gasteiger partial charge in [-0.3, -0.25) is 9.48 Å². The molecule has 37 heavy (non-hydrogen) atoms. The summed E-state index contributed by atoms with van der Waals surface area (Å²) < 4.78 is 7.47. The highest BCUT2D eigenvalue weighted by Gasteiger charge is 2.32. The number of nitrogen functional groups attached to an aromatic ring is 1. The van der Waals surface area contributed by atoms with Gasteiger partial charge in [0.15, 0.2) is 0 Å². The lowest BCUT2D eigenvalue weighted by atomic mass is 10.1. The standard InChI is InChI=1S/C27H29N7O3/c1-27(2,3)37-26(36)33-15-12-19(16-33)34-20-11-14-30-24(28)22(20)23(32-34)17-7-9-18(10-8-17)25(35)31-21-6-4-5-13-29-21/h4-11,13-14,19H,12,15-16H2,1-3H3,(H2,28,30)(H,29,31,35)/t19-/m1/s1. The number of fused-ring (bicyclic) bond motifs is 1. The molecule has 4 heterocycles. The van der Waals surface area contributed by atoms with Crippen LogP contribution in [-0.4, -0.2) is 55.3 Å². The lowest BCUT2D eigenvalue weighted by Gasteiger charge is -2.24. The molecule has 0 radical (unpaired) electrons. The zero-order valence-corrected chi connectivity index (χ0v) is 21.0. The summed E-state index contributed by atoms with van der Waals surface area (Å²) in [5, 5.41) is 8.44. The predicted molar refractivity (Wildman–Crippen MR) is 141 cm³/mol. The SMILES string of the molecule is CC(C)(C)OC(=O)N1CC[C@@H](n2nc(-c3ccc(C(=O)Nc4ccccn4)cc3)c3c(N)nccc32)C1. The first-order valence-electron chi connectivity index (χ1n) is 12.1. The van der Waals surface area contributed by atoms with Crippen molar-refractivity contribution < 1.29 is 14.3 Å². The summed E-state index contributed by atoms with van der Waals surface area (Å²) in [5.41, 5.74) is 8.56. The van der Waals surface area contributed by atoms with E-state index in [0.717, 1.165) is 22.9 Å². The maximum atomic E-state index is 12.6. The van der Waals surface area contributed by atoms with Gasteiger partial charge in [-0.2, -0.15) is 5.10 Å². The highest BCUT2D eigenvalue weighted by atomic mass is 16.6. The second-order valence-electron chi connectivity index (χ2n) is 10.00. The smallest absolute Gasteiger partial charge is 0.410 e. The number of benzene rings is 1. The van der Waals surface area contributed by atoms with E-state index in [1.165, 1.54) is 0 Å². The van der Waals surface area contributed by atoms with Crippen molar-refractivity contribution in [2.75, 3.05) is 24.1 Å². The van der Waals surface area contributed by atoms with Crippen molar-refractivity contribution in [2.45, 2.75) is 38.8 Å². The van der Waals surface area contributed by atoms with Crippen LogP contribution in [0, 0.1) is 0 Å². The van der Waals surface area contributed by atoms with Gasteiger partial charge >= 0.3 is 6.09 Å². The van der Waals surface area contributed by atoms with Crippen LogP contribution in [-0.2, 0) is 4.74 Å². The van der Waals surface area contributed by atoms with Gasteiger partial charge in [0.2, 0.25) is 0 Å². The van der Waals surface area contributed by atoms with Crippen LogP contribution in [0.1, 0.15) is 43.6 Å². The summed E-state index contributed by atoms with van der Waals surface area (Å²) in [7, 11) is 0. The lowest BCUT2D eigenvalue weighted by Crippen LogP contribution is -2.35. The van der Waals surface area contributed by atoms with Crippen LogP contribution in [0.25, 0.3) is 22.2 Å². The van der Waals surface area contributed by atoms with Crippen molar-refractivity contribution >= 4 is 34.5 Å². The molecule has 1 atom stereocenters. The second kappa shape index (κ2) is 9.53. The molecule has 1 aromatic carbocycles. The molecule has 0 spiro atoms. The van der Waals surface area contributed by atoms with Gasteiger partial charge in [0, 0.05) is 36.6 Å². The summed E-state index contributed by atoms with van der Waals surface area (Å²) in [4.78, 5) is 35.3. The molecule has 4 aromatic rings. The van der Waals surface area contributed by atoms with Crippen molar-refractivity contribution in [1.82, 2.24) is 24.6 Å². The first-order chi connectivity index (χ1) is 17.7. The van der Waals surface area contributed by atoms with E-state index in [1.807, 2.05) is 49.7 Å². The van der Waals surface area contributed by atoms with Crippen LogP contribution >= 0.6 is 0 Å². The summed E-state index contributed by atoms with van der Waals surface area (Å²) >= 11 is 0. The van der Waals surface area contributed by atoms with Crippen LogP contribution in [0.3, 0.4) is 0 Å².